The minimum atomic E-state index is 0.283. The molecule has 1 fully saturated rings. The smallest absolute Gasteiger partial charge is 0.211 e. The van der Waals surface area contributed by atoms with E-state index < -0.39 is 0 Å². The maximum Gasteiger partial charge on any atom is 0.211 e. The van der Waals surface area contributed by atoms with Crippen LogP contribution in [0.3, 0.4) is 0 Å². The number of rotatable bonds is 4. The highest BCUT2D eigenvalue weighted by Gasteiger charge is 2.27. The lowest BCUT2D eigenvalue weighted by molar-refractivity contribution is 0.133. The van der Waals surface area contributed by atoms with E-state index >= 15 is 0 Å². The molecule has 0 bridgehead atoms. The summed E-state index contributed by atoms with van der Waals surface area (Å²) < 4.78 is 5.65. The highest BCUT2D eigenvalue weighted by atomic mass is 16.3. The van der Waals surface area contributed by atoms with Gasteiger partial charge in [-0.2, -0.15) is 0 Å². The van der Waals surface area contributed by atoms with Crippen LogP contribution in [-0.2, 0) is 0 Å². The van der Waals surface area contributed by atoms with E-state index in [9.17, 15) is 0 Å². The van der Waals surface area contributed by atoms with Crippen molar-refractivity contribution in [3.63, 3.8) is 0 Å². The summed E-state index contributed by atoms with van der Waals surface area (Å²) in [5, 5.41) is 0. The van der Waals surface area contributed by atoms with Crippen molar-refractivity contribution >= 4 is 0 Å². The molecule has 0 spiro atoms. The van der Waals surface area contributed by atoms with Gasteiger partial charge < -0.3 is 10.2 Å². The van der Waals surface area contributed by atoms with Crippen LogP contribution in [0.15, 0.2) is 10.7 Å². The zero-order chi connectivity index (χ0) is 12.3. The van der Waals surface area contributed by atoms with Crippen LogP contribution in [0.5, 0.6) is 0 Å². The standard InChI is InChI=1S/C13H23N3O/c1-3-16-7-5-4-6-12(16)13-15-11(9-17-13)10(2)8-14/h9-10,12H,3-8,14H2,1-2H3. The molecule has 0 amide bonds. The number of oxazole rings is 1. The second-order valence-electron chi connectivity index (χ2n) is 4.89. The van der Waals surface area contributed by atoms with Crippen molar-refractivity contribution in [2.45, 2.75) is 45.1 Å². The van der Waals surface area contributed by atoms with Gasteiger partial charge in [0.15, 0.2) is 0 Å². The Hall–Kier alpha value is -0.870. The molecule has 1 aliphatic heterocycles. The van der Waals surface area contributed by atoms with Crippen LogP contribution in [-0.4, -0.2) is 29.5 Å². The summed E-state index contributed by atoms with van der Waals surface area (Å²) in [5.74, 6) is 1.16. The molecule has 2 heterocycles. The number of nitrogens with two attached hydrogens (primary N) is 1. The fourth-order valence-corrected chi connectivity index (χ4v) is 2.45. The molecule has 2 N–H and O–H groups in total. The summed E-state index contributed by atoms with van der Waals surface area (Å²) in [6.45, 7) is 7.12. The Morgan fingerprint density at radius 1 is 1.59 bits per heavy atom. The first kappa shape index (κ1) is 12.6. The summed E-state index contributed by atoms with van der Waals surface area (Å²) in [6.07, 6.45) is 5.49. The van der Waals surface area contributed by atoms with Crippen LogP contribution in [0.4, 0.5) is 0 Å². The Bertz CT molecular complexity index is 350. The van der Waals surface area contributed by atoms with E-state index in [1.165, 1.54) is 12.8 Å². The van der Waals surface area contributed by atoms with Crippen molar-refractivity contribution in [3.05, 3.63) is 17.8 Å². The Balaban J connectivity index is 2.12. The fraction of sp³-hybridized carbons (Fsp3) is 0.769. The summed E-state index contributed by atoms with van der Waals surface area (Å²) in [4.78, 5) is 7.07. The molecule has 4 heteroatoms. The van der Waals surface area contributed by atoms with Gasteiger partial charge in [0.25, 0.3) is 0 Å². The largest absolute Gasteiger partial charge is 0.447 e. The van der Waals surface area contributed by atoms with Gasteiger partial charge in [0.05, 0.1) is 11.7 Å². The van der Waals surface area contributed by atoms with Crippen LogP contribution in [0.25, 0.3) is 0 Å². The quantitative estimate of drug-likeness (QED) is 0.873. The number of nitrogens with zero attached hydrogens (tertiary/aromatic N) is 2. The van der Waals surface area contributed by atoms with Gasteiger partial charge in [0.1, 0.15) is 6.26 Å². The van der Waals surface area contributed by atoms with E-state index in [1.807, 2.05) is 0 Å². The van der Waals surface area contributed by atoms with Gasteiger partial charge in [-0.25, -0.2) is 4.98 Å². The topological polar surface area (TPSA) is 55.3 Å². The first-order valence-corrected chi connectivity index (χ1v) is 6.65. The van der Waals surface area contributed by atoms with Gasteiger partial charge in [-0.15, -0.1) is 0 Å². The van der Waals surface area contributed by atoms with Crippen molar-refractivity contribution in [1.82, 2.24) is 9.88 Å². The summed E-state index contributed by atoms with van der Waals surface area (Å²) >= 11 is 0. The average molecular weight is 237 g/mol. The molecule has 0 aromatic carbocycles. The predicted octanol–water partition coefficient (Wildman–Crippen LogP) is 2.28. The Morgan fingerprint density at radius 3 is 3.12 bits per heavy atom. The first-order chi connectivity index (χ1) is 8.26. The van der Waals surface area contributed by atoms with E-state index in [2.05, 4.69) is 23.7 Å². The molecule has 1 saturated heterocycles. The fourth-order valence-electron chi connectivity index (χ4n) is 2.45. The second kappa shape index (κ2) is 5.65. The molecule has 1 aliphatic rings. The normalized spacial score (nSPS) is 23.8. The molecule has 96 valence electrons. The molecule has 0 saturated carbocycles. The Morgan fingerprint density at radius 2 is 2.41 bits per heavy atom. The van der Waals surface area contributed by atoms with Gasteiger partial charge in [0.2, 0.25) is 5.89 Å². The lowest BCUT2D eigenvalue weighted by atomic mass is 10.0. The number of likely N-dealkylation sites (tertiary alicyclic amines) is 1. The third-order valence-corrected chi connectivity index (χ3v) is 3.70. The van der Waals surface area contributed by atoms with Crippen molar-refractivity contribution in [2.75, 3.05) is 19.6 Å². The molecule has 0 radical (unpaired) electrons. The van der Waals surface area contributed by atoms with Gasteiger partial charge >= 0.3 is 0 Å². The number of hydrogen-bond donors (Lipinski definition) is 1. The van der Waals surface area contributed by atoms with E-state index in [1.54, 1.807) is 6.26 Å². The monoisotopic (exact) mass is 237 g/mol. The lowest BCUT2D eigenvalue weighted by Gasteiger charge is -2.32. The molecule has 4 nitrogen and oxygen atoms in total. The minimum absolute atomic E-state index is 0.283. The average Bonchev–Trinajstić information content (AvgIpc) is 2.87. The SMILES string of the molecule is CCN1CCCCC1c1nc(C(C)CN)co1. The molecule has 1 aromatic heterocycles. The molecule has 2 rings (SSSR count). The van der Waals surface area contributed by atoms with E-state index in [-0.39, 0.29) is 5.92 Å². The molecule has 2 atom stereocenters. The van der Waals surface area contributed by atoms with Crippen LogP contribution in [0, 0.1) is 0 Å². The van der Waals surface area contributed by atoms with E-state index in [4.69, 9.17) is 10.2 Å². The Kier molecular flexibility index (Phi) is 4.18. The minimum Gasteiger partial charge on any atom is -0.447 e. The summed E-state index contributed by atoms with van der Waals surface area (Å²) in [5.41, 5.74) is 6.64. The van der Waals surface area contributed by atoms with Crippen molar-refractivity contribution < 1.29 is 4.42 Å². The zero-order valence-electron chi connectivity index (χ0n) is 10.9. The number of aromatic nitrogens is 1. The molecular formula is C13H23N3O. The summed E-state index contributed by atoms with van der Waals surface area (Å²) in [7, 11) is 0. The molecule has 1 aromatic rings. The van der Waals surface area contributed by atoms with Crippen molar-refractivity contribution in [1.29, 1.82) is 0 Å². The van der Waals surface area contributed by atoms with Crippen LogP contribution >= 0.6 is 0 Å². The third kappa shape index (κ3) is 2.69. The highest BCUT2D eigenvalue weighted by molar-refractivity contribution is 5.06. The van der Waals surface area contributed by atoms with Crippen LogP contribution < -0.4 is 5.73 Å². The maximum absolute atomic E-state index is 5.65. The lowest BCUT2D eigenvalue weighted by Crippen LogP contribution is -2.33. The van der Waals surface area contributed by atoms with Gasteiger partial charge in [-0.05, 0) is 25.9 Å². The van der Waals surface area contributed by atoms with Gasteiger partial charge in [-0.1, -0.05) is 20.3 Å². The molecular weight excluding hydrogens is 214 g/mol. The number of hydrogen-bond acceptors (Lipinski definition) is 4. The zero-order valence-corrected chi connectivity index (χ0v) is 10.9. The van der Waals surface area contributed by atoms with E-state index in [0.717, 1.165) is 31.1 Å². The first-order valence-electron chi connectivity index (χ1n) is 6.65. The van der Waals surface area contributed by atoms with Crippen LogP contribution in [0.2, 0.25) is 0 Å². The molecule has 2 unspecified atom stereocenters. The van der Waals surface area contributed by atoms with E-state index in [0.29, 0.717) is 12.6 Å². The molecule has 17 heavy (non-hydrogen) atoms. The van der Waals surface area contributed by atoms with Crippen molar-refractivity contribution in [3.8, 4) is 0 Å². The highest BCUT2D eigenvalue weighted by Crippen LogP contribution is 2.30. The van der Waals surface area contributed by atoms with Gasteiger partial charge in [-0.3, -0.25) is 4.90 Å². The third-order valence-electron chi connectivity index (χ3n) is 3.70. The van der Waals surface area contributed by atoms with Crippen molar-refractivity contribution in [2.24, 2.45) is 5.73 Å². The Labute approximate surface area is 103 Å². The predicted molar refractivity (Wildman–Crippen MR) is 67.8 cm³/mol. The number of piperidine rings is 1. The molecule has 0 aliphatic carbocycles. The van der Waals surface area contributed by atoms with Gasteiger partial charge in [0, 0.05) is 12.5 Å². The maximum atomic E-state index is 5.65. The van der Waals surface area contributed by atoms with Crippen LogP contribution in [0.1, 0.15) is 56.7 Å². The summed E-state index contributed by atoms with van der Waals surface area (Å²) in [6, 6.07) is 0.368. The second-order valence-corrected chi connectivity index (χ2v) is 4.89.